The second-order valence-electron chi connectivity index (χ2n) is 12.8. The summed E-state index contributed by atoms with van der Waals surface area (Å²) in [5.41, 5.74) is -1.29. The molecule has 0 N–H and O–H groups in total. The average Bonchev–Trinajstić information content (AvgIpc) is 3.87. The van der Waals surface area contributed by atoms with E-state index in [4.69, 9.17) is 46.9 Å². The van der Waals surface area contributed by atoms with Gasteiger partial charge in [0.1, 0.15) is 33.2 Å². The highest BCUT2D eigenvalue weighted by molar-refractivity contribution is 7.92. The molecule has 0 spiro atoms. The van der Waals surface area contributed by atoms with E-state index < -0.39 is 53.0 Å². The lowest BCUT2D eigenvalue weighted by Gasteiger charge is -2.27. The Morgan fingerprint density at radius 2 is 1.66 bits per heavy atom. The first-order valence-corrected chi connectivity index (χ1v) is 18.4. The van der Waals surface area contributed by atoms with Crippen molar-refractivity contribution in [3.05, 3.63) is 80.7 Å². The Balaban J connectivity index is 1.59. The van der Waals surface area contributed by atoms with Gasteiger partial charge in [-0.25, -0.2) is 22.8 Å². The molecule has 19 heteroatoms. The van der Waals surface area contributed by atoms with Crippen LogP contribution in [0.25, 0.3) is 0 Å². The maximum Gasteiger partial charge on any atom is 0.429 e. The van der Waals surface area contributed by atoms with Gasteiger partial charge in [0.2, 0.25) is 10.0 Å². The number of aromatic nitrogens is 1. The summed E-state index contributed by atoms with van der Waals surface area (Å²) in [5, 5.41) is 11.7. The second kappa shape index (κ2) is 17.0. The van der Waals surface area contributed by atoms with Crippen molar-refractivity contribution in [1.82, 2.24) is 0 Å². The Labute approximate surface area is 314 Å². The summed E-state index contributed by atoms with van der Waals surface area (Å²) in [6.45, 7) is 0.709. The fraction of sp³-hybridized carbons (Fsp3) is 0.412. The zero-order chi connectivity index (χ0) is 39.2. The molecule has 3 aromatic rings. The van der Waals surface area contributed by atoms with Crippen LogP contribution >= 0.6 is 23.2 Å². The van der Waals surface area contributed by atoms with Crippen LogP contribution < -0.4 is 23.2 Å². The number of halogens is 4. The van der Waals surface area contributed by atoms with Gasteiger partial charge in [0.15, 0.2) is 30.5 Å². The zero-order valence-corrected chi connectivity index (χ0v) is 31.4. The minimum atomic E-state index is -4.32. The highest BCUT2D eigenvalue weighted by atomic mass is 35.5. The number of esters is 2. The molecule has 1 aliphatic rings. The number of amides is 1. The number of hydrogen-bond donors (Lipinski definition) is 0. The lowest BCUT2D eigenvalue weighted by molar-refractivity contribution is -0.605. The monoisotopic (exact) mass is 804 g/mol. The average molecular weight is 806 g/mol. The molecule has 53 heavy (non-hydrogen) atoms. The highest BCUT2D eigenvalue weighted by Gasteiger charge is 2.34. The number of benzene rings is 2. The summed E-state index contributed by atoms with van der Waals surface area (Å²) in [6, 6.07) is 7.34. The molecule has 0 radical (unpaired) electrons. The van der Waals surface area contributed by atoms with E-state index in [9.17, 15) is 36.8 Å². The largest absolute Gasteiger partial charge is 0.619 e. The van der Waals surface area contributed by atoms with Crippen molar-refractivity contribution in [3.63, 3.8) is 0 Å². The maximum absolute atomic E-state index is 13.2. The van der Waals surface area contributed by atoms with Crippen molar-refractivity contribution >= 4 is 56.9 Å². The molecule has 0 saturated heterocycles. The Bertz CT molecular complexity index is 1930. The molecule has 4 rings (SSSR count). The SMILES string of the molecule is COc1ccc(C(=O)OCC(=O)OC(Cc2c(Cl)c[n+]([O-])cc2Cl)c2ccc(OC(F)F)c(OCC3CC3)c2)cc1N(C(=O)OC(C)(C)C)S(C)(=O)=O. The van der Waals surface area contributed by atoms with Gasteiger partial charge in [-0.2, -0.15) is 17.8 Å². The molecule has 1 saturated carbocycles. The van der Waals surface area contributed by atoms with Gasteiger partial charge >= 0.3 is 24.6 Å². The zero-order valence-electron chi connectivity index (χ0n) is 29.1. The van der Waals surface area contributed by atoms with Crippen molar-refractivity contribution in [2.24, 2.45) is 5.92 Å². The third-order valence-electron chi connectivity index (χ3n) is 7.29. The number of carbonyl (C=O) groups excluding carboxylic acids is 3. The summed E-state index contributed by atoms with van der Waals surface area (Å²) < 4.78 is 84.1. The predicted molar refractivity (Wildman–Crippen MR) is 186 cm³/mol. The Hall–Kier alpha value is -4.61. The van der Waals surface area contributed by atoms with Gasteiger partial charge in [-0.3, -0.25) is 0 Å². The van der Waals surface area contributed by atoms with Gasteiger partial charge < -0.3 is 33.6 Å². The first-order chi connectivity index (χ1) is 24.7. The number of sulfonamides is 1. The van der Waals surface area contributed by atoms with Crippen LogP contribution in [0.4, 0.5) is 19.3 Å². The van der Waals surface area contributed by atoms with Gasteiger partial charge in [-0.1, -0.05) is 29.3 Å². The molecule has 1 amide bonds. The van der Waals surface area contributed by atoms with E-state index in [2.05, 4.69) is 4.74 Å². The molecule has 0 aliphatic heterocycles. The van der Waals surface area contributed by atoms with Crippen LogP contribution in [0.2, 0.25) is 10.0 Å². The summed E-state index contributed by atoms with van der Waals surface area (Å²) in [7, 11) is -3.10. The molecule has 1 aromatic heterocycles. The van der Waals surface area contributed by atoms with Crippen LogP contribution in [0, 0.1) is 11.1 Å². The van der Waals surface area contributed by atoms with Crippen LogP contribution in [0.5, 0.6) is 17.2 Å². The molecule has 1 aliphatic carbocycles. The number of alkyl halides is 2. The van der Waals surface area contributed by atoms with Crippen molar-refractivity contribution in [2.75, 3.05) is 30.9 Å². The second-order valence-corrected chi connectivity index (χ2v) is 15.4. The fourth-order valence-corrected chi connectivity index (χ4v) is 6.16. The standard InChI is InChI=1S/C34H36Cl2F2N2O12S/c1-34(2,3)52-33(43)40(53(5,45)46)25-12-21(9-10-26(25)47-4)31(42)49-18-30(41)50-28(14-22-23(35)15-39(44)16-24(22)36)20-8-11-27(51-32(37)38)29(13-20)48-17-19-6-7-19/h8-13,15-16,19,28,32H,6-7,14,17-18H2,1-5H3. The molecule has 0 bridgehead atoms. The number of carbonyl (C=O) groups is 3. The summed E-state index contributed by atoms with van der Waals surface area (Å²) in [5.74, 6) is -2.36. The van der Waals surface area contributed by atoms with Crippen molar-refractivity contribution in [2.45, 2.75) is 58.4 Å². The molecule has 2 aromatic carbocycles. The van der Waals surface area contributed by atoms with Gasteiger partial charge in [0.25, 0.3) is 0 Å². The quantitative estimate of drug-likeness (QED) is 0.0717. The number of pyridine rings is 1. The topological polar surface area (TPSA) is 171 Å². The van der Waals surface area contributed by atoms with E-state index in [0.717, 1.165) is 37.6 Å². The van der Waals surface area contributed by atoms with Crippen molar-refractivity contribution < 1.29 is 64.7 Å². The summed E-state index contributed by atoms with van der Waals surface area (Å²) in [6.07, 6.45) is 1.91. The van der Waals surface area contributed by atoms with Crippen molar-refractivity contribution in [3.8, 4) is 17.2 Å². The van der Waals surface area contributed by atoms with Gasteiger partial charge in [-0.15, -0.1) is 0 Å². The number of anilines is 1. The van der Waals surface area contributed by atoms with Crippen LogP contribution in [0.1, 0.15) is 61.2 Å². The van der Waals surface area contributed by atoms with E-state index in [0.29, 0.717) is 9.04 Å². The maximum atomic E-state index is 13.2. The Morgan fingerprint density at radius 3 is 2.23 bits per heavy atom. The van der Waals surface area contributed by atoms with Crippen molar-refractivity contribution in [1.29, 1.82) is 0 Å². The number of ether oxygens (including phenoxy) is 6. The predicted octanol–water partition coefficient (Wildman–Crippen LogP) is 6.41. The highest BCUT2D eigenvalue weighted by Crippen LogP contribution is 2.38. The van der Waals surface area contributed by atoms with Crippen LogP contribution in [-0.4, -0.2) is 65.2 Å². The van der Waals surface area contributed by atoms with Gasteiger partial charge in [-0.05, 0) is 75.4 Å². The minimum Gasteiger partial charge on any atom is -0.619 e. The minimum absolute atomic E-state index is 0.0466. The van der Waals surface area contributed by atoms with Crippen LogP contribution in [-0.2, 0) is 35.4 Å². The van der Waals surface area contributed by atoms with E-state index in [1.54, 1.807) is 0 Å². The number of rotatable bonds is 15. The molecule has 288 valence electrons. The normalized spacial score (nSPS) is 13.5. The molecule has 1 unspecified atom stereocenters. The lowest BCUT2D eigenvalue weighted by Crippen LogP contribution is -2.40. The first kappa shape index (κ1) is 41.2. The van der Waals surface area contributed by atoms with Gasteiger partial charge in [0, 0.05) is 12.0 Å². The molecule has 1 fully saturated rings. The van der Waals surface area contributed by atoms with E-state index in [-0.39, 0.29) is 68.6 Å². The first-order valence-electron chi connectivity index (χ1n) is 15.8. The molecular weight excluding hydrogens is 769 g/mol. The third kappa shape index (κ3) is 11.7. The summed E-state index contributed by atoms with van der Waals surface area (Å²) >= 11 is 12.6. The Kier molecular flexibility index (Phi) is 13.2. The van der Waals surface area contributed by atoms with E-state index >= 15 is 0 Å². The van der Waals surface area contributed by atoms with Crippen LogP contribution in [0.15, 0.2) is 48.8 Å². The fourth-order valence-electron chi connectivity index (χ4n) is 4.75. The molecular formula is C34H36Cl2F2N2O12S. The van der Waals surface area contributed by atoms with E-state index in [1.165, 1.54) is 58.2 Å². The Morgan fingerprint density at radius 1 is 1.02 bits per heavy atom. The lowest BCUT2D eigenvalue weighted by atomic mass is 10.0. The number of methoxy groups -OCH3 is 1. The summed E-state index contributed by atoms with van der Waals surface area (Å²) in [4.78, 5) is 39.3. The molecule has 14 nitrogen and oxygen atoms in total. The van der Waals surface area contributed by atoms with Crippen LogP contribution in [0.3, 0.4) is 0 Å². The van der Waals surface area contributed by atoms with E-state index in [1.807, 2.05) is 0 Å². The van der Waals surface area contributed by atoms with Gasteiger partial charge in [0.05, 0.1) is 25.5 Å². The molecule has 1 atom stereocenters. The number of nitrogens with zero attached hydrogens (tertiary/aromatic N) is 2. The number of hydrogen-bond acceptors (Lipinski definition) is 12. The smallest absolute Gasteiger partial charge is 0.429 e. The molecule has 1 heterocycles. The third-order valence-corrected chi connectivity index (χ3v) is 8.95.